The molecule has 4 heteroatoms. The molecular formula is C13H15F2NO. The molecule has 1 fully saturated rings. The summed E-state index contributed by atoms with van der Waals surface area (Å²) in [5, 5.41) is 0. The molecule has 1 aromatic carbocycles. The van der Waals surface area contributed by atoms with Crippen molar-refractivity contribution in [3.05, 3.63) is 29.3 Å². The van der Waals surface area contributed by atoms with Crippen LogP contribution in [0.4, 0.5) is 8.78 Å². The number of benzene rings is 1. The summed E-state index contributed by atoms with van der Waals surface area (Å²) in [4.78, 5) is 0. The van der Waals surface area contributed by atoms with Crippen molar-refractivity contribution >= 4 is 0 Å². The quantitative estimate of drug-likeness (QED) is 0.859. The van der Waals surface area contributed by atoms with E-state index in [1.807, 2.05) is 18.2 Å². The van der Waals surface area contributed by atoms with Gasteiger partial charge in [0.1, 0.15) is 5.75 Å². The van der Waals surface area contributed by atoms with E-state index in [0.717, 1.165) is 23.3 Å². The molecule has 17 heavy (non-hydrogen) atoms. The van der Waals surface area contributed by atoms with Gasteiger partial charge in [-0.15, -0.1) is 0 Å². The number of nitrogens with two attached hydrogens (primary N) is 1. The molecule has 2 nitrogen and oxygen atoms in total. The summed E-state index contributed by atoms with van der Waals surface area (Å²) in [7, 11) is 0. The fourth-order valence-electron chi connectivity index (χ4n) is 2.92. The van der Waals surface area contributed by atoms with Crippen molar-refractivity contribution in [1.29, 1.82) is 0 Å². The lowest BCUT2D eigenvalue weighted by Crippen LogP contribution is -2.53. The SMILES string of the molecule is NCC1(c2ccc3c(c2)CCO3)CC(F)(F)C1. The van der Waals surface area contributed by atoms with Gasteiger partial charge in [-0.2, -0.15) is 0 Å². The molecule has 1 saturated carbocycles. The minimum atomic E-state index is -2.55. The number of alkyl halides is 2. The first-order valence-corrected chi connectivity index (χ1v) is 5.89. The number of ether oxygens (including phenoxy) is 1. The zero-order valence-electron chi connectivity index (χ0n) is 9.51. The van der Waals surface area contributed by atoms with E-state index in [9.17, 15) is 8.78 Å². The van der Waals surface area contributed by atoms with E-state index >= 15 is 0 Å². The van der Waals surface area contributed by atoms with Gasteiger partial charge in [-0.05, 0) is 17.2 Å². The second-order valence-electron chi connectivity index (χ2n) is 5.11. The van der Waals surface area contributed by atoms with Gasteiger partial charge in [0.15, 0.2) is 0 Å². The third-order valence-corrected chi connectivity index (χ3v) is 3.89. The molecule has 1 aromatic rings. The third-order valence-electron chi connectivity index (χ3n) is 3.89. The highest BCUT2D eigenvalue weighted by molar-refractivity contribution is 5.44. The van der Waals surface area contributed by atoms with Crippen LogP contribution in [0.1, 0.15) is 24.0 Å². The Balaban J connectivity index is 1.93. The molecule has 92 valence electrons. The second-order valence-corrected chi connectivity index (χ2v) is 5.11. The first kappa shape index (κ1) is 11.0. The van der Waals surface area contributed by atoms with Crippen molar-refractivity contribution in [2.45, 2.75) is 30.6 Å². The number of rotatable bonds is 2. The molecule has 1 aliphatic heterocycles. The van der Waals surface area contributed by atoms with Crippen LogP contribution in [0.25, 0.3) is 0 Å². The normalized spacial score (nSPS) is 23.7. The lowest BCUT2D eigenvalue weighted by Gasteiger charge is -2.47. The van der Waals surface area contributed by atoms with E-state index in [-0.39, 0.29) is 19.4 Å². The molecule has 0 saturated heterocycles. The molecule has 0 unspecified atom stereocenters. The van der Waals surface area contributed by atoms with E-state index in [0.29, 0.717) is 6.61 Å². The van der Waals surface area contributed by atoms with Gasteiger partial charge in [0, 0.05) is 31.2 Å². The molecule has 0 radical (unpaired) electrons. The van der Waals surface area contributed by atoms with Crippen molar-refractivity contribution in [1.82, 2.24) is 0 Å². The second kappa shape index (κ2) is 3.42. The molecule has 2 aliphatic rings. The van der Waals surface area contributed by atoms with E-state index in [1.54, 1.807) is 0 Å². The topological polar surface area (TPSA) is 35.2 Å². The highest BCUT2D eigenvalue weighted by Crippen LogP contribution is 2.53. The minimum absolute atomic E-state index is 0.129. The smallest absolute Gasteiger partial charge is 0.250 e. The van der Waals surface area contributed by atoms with Crippen LogP contribution in [-0.2, 0) is 11.8 Å². The van der Waals surface area contributed by atoms with Crippen LogP contribution in [0.15, 0.2) is 18.2 Å². The van der Waals surface area contributed by atoms with E-state index in [2.05, 4.69) is 0 Å². The van der Waals surface area contributed by atoms with Crippen molar-refractivity contribution < 1.29 is 13.5 Å². The zero-order chi connectivity index (χ0) is 12.1. The summed E-state index contributed by atoms with van der Waals surface area (Å²) in [6, 6.07) is 5.75. The monoisotopic (exact) mass is 239 g/mol. The minimum Gasteiger partial charge on any atom is -0.493 e. The van der Waals surface area contributed by atoms with Crippen molar-refractivity contribution in [3.8, 4) is 5.75 Å². The van der Waals surface area contributed by atoms with Gasteiger partial charge in [0.25, 0.3) is 0 Å². The van der Waals surface area contributed by atoms with Crippen LogP contribution < -0.4 is 10.5 Å². The first-order chi connectivity index (χ1) is 8.05. The Kier molecular flexibility index (Phi) is 2.20. The Morgan fingerprint density at radius 3 is 2.71 bits per heavy atom. The Bertz CT molecular complexity index is 451. The van der Waals surface area contributed by atoms with Gasteiger partial charge in [0.05, 0.1) is 6.61 Å². The molecule has 1 heterocycles. The highest BCUT2D eigenvalue weighted by atomic mass is 19.3. The van der Waals surface area contributed by atoms with Gasteiger partial charge in [-0.3, -0.25) is 0 Å². The Labute approximate surface area is 98.8 Å². The van der Waals surface area contributed by atoms with E-state index < -0.39 is 11.3 Å². The van der Waals surface area contributed by atoms with Crippen LogP contribution in [0.5, 0.6) is 5.75 Å². The van der Waals surface area contributed by atoms with Crippen LogP contribution in [0.2, 0.25) is 0 Å². The Hall–Kier alpha value is -1.16. The molecule has 2 N–H and O–H groups in total. The van der Waals surface area contributed by atoms with Gasteiger partial charge in [0.2, 0.25) is 5.92 Å². The predicted molar refractivity (Wildman–Crippen MR) is 60.6 cm³/mol. The molecule has 0 spiro atoms. The predicted octanol–water partition coefficient (Wildman–Crippen LogP) is 2.25. The molecule has 0 amide bonds. The largest absolute Gasteiger partial charge is 0.493 e. The summed E-state index contributed by atoms with van der Waals surface area (Å²) in [6.45, 7) is 0.965. The Morgan fingerprint density at radius 1 is 1.29 bits per heavy atom. The maximum absolute atomic E-state index is 13.1. The Morgan fingerprint density at radius 2 is 2.06 bits per heavy atom. The average Bonchev–Trinajstić information content (AvgIpc) is 2.71. The summed E-state index contributed by atoms with van der Waals surface area (Å²) in [5.41, 5.74) is 7.23. The van der Waals surface area contributed by atoms with Gasteiger partial charge in [-0.1, -0.05) is 12.1 Å². The maximum atomic E-state index is 13.1. The third kappa shape index (κ3) is 1.62. The van der Waals surface area contributed by atoms with E-state index in [4.69, 9.17) is 10.5 Å². The summed E-state index contributed by atoms with van der Waals surface area (Å²) < 4.78 is 31.6. The van der Waals surface area contributed by atoms with Gasteiger partial charge < -0.3 is 10.5 Å². The molecule has 0 atom stereocenters. The maximum Gasteiger partial charge on any atom is 0.250 e. The van der Waals surface area contributed by atoms with Crippen LogP contribution in [0, 0.1) is 0 Å². The summed E-state index contributed by atoms with van der Waals surface area (Å²) in [6.07, 6.45) is 0.604. The average molecular weight is 239 g/mol. The lowest BCUT2D eigenvalue weighted by molar-refractivity contribution is -0.123. The van der Waals surface area contributed by atoms with Crippen LogP contribution in [0.3, 0.4) is 0 Å². The van der Waals surface area contributed by atoms with Gasteiger partial charge >= 0.3 is 0 Å². The first-order valence-electron chi connectivity index (χ1n) is 5.89. The van der Waals surface area contributed by atoms with Crippen molar-refractivity contribution in [2.75, 3.05) is 13.2 Å². The molecule has 1 aliphatic carbocycles. The lowest BCUT2D eigenvalue weighted by atomic mass is 9.62. The summed E-state index contributed by atoms with van der Waals surface area (Å²) in [5.74, 6) is -1.67. The number of halogens is 2. The molecule has 0 bridgehead atoms. The fraction of sp³-hybridized carbons (Fsp3) is 0.538. The molecule has 3 rings (SSSR count). The summed E-state index contributed by atoms with van der Waals surface area (Å²) >= 11 is 0. The number of fused-ring (bicyclic) bond motifs is 1. The molecular weight excluding hydrogens is 224 g/mol. The van der Waals surface area contributed by atoms with Crippen LogP contribution >= 0.6 is 0 Å². The van der Waals surface area contributed by atoms with Gasteiger partial charge in [-0.25, -0.2) is 8.78 Å². The highest BCUT2D eigenvalue weighted by Gasteiger charge is 2.56. The van der Waals surface area contributed by atoms with Crippen molar-refractivity contribution in [3.63, 3.8) is 0 Å². The van der Waals surface area contributed by atoms with Crippen LogP contribution in [-0.4, -0.2) is 19.1 Å². The number of hydrogen-bond donors (Lipinski definition) is 1. The standard InChI is InChI=1S/C13H15F2NO/c14-13(15)6-12(7-13,8-16)10-1-2-11-9(5-10)3-4-17-11/h1-2,5H,3-4,6-8,16H2. The zero-order valence-corrected chi connectivity index (χ0v) is 9.51. The fourth-order valence-corrected chi connectivity index (χ4v) is 2.92. The van der Waals surface area contributed by atoms with E-state index in [1.165, 1.54) is 0 Å². The number of hydrogen-bond acceptors (Lipinski definition) is 2. The molecule has 0 aromatic heterocycles. The van der Waals surface area contributed by atoms with Crippen molar-refractivity contribution in [2.24, 2.45) is 5.73 Å².